The minimum atomic E-state index is -1.25. The summed E-state index contributed by atoms with van der Waals surface area (Å²) in [5.74, 6) is -2.30. The first-order valence-electron chi connectivity index (χ1n) is 4.85. The highest BCUT2D eigenvalue weighted by Crippen LogP contribution is 1.99. The van der Waals surface area contributed by atoms with E-state index in [1.54, 1.807) is 0 Å². The highest BCUT2D eigenvalue weighted by atomic mass is 16.4. The zero-order chi connectivity index (χ0) is 12.6. The number of carbonyl (C=O) groups is 2. The highest BCUT2D eigenvalue weighted by Gasteiger charge is 2.10. The average Bonchev–Trinajstić information content (AvgIpc) is 2.22. The third kappa shape index (κ3) is 6.10. The van der Waals surface area contributed by atoms with Crippen molar-refractivity contribution in [2.75, 3.05) is 13.2 Å². The lowest BCUT2D eigenvalue weighted by atomic mass is 10.1. The Hall–Kier alpha value is -1.47. The monoisotopic (exact) mass is 232 g/mol. The molecule has 7 heteroatoms. The summed E-state index contributed by atoms with van der Waals surface area (Å²) in [6, 6.07) is -0.888. The van der Waals surface area contributed by atoms with E-state index in [0.29, 0.717) is 19.3 Å². The average molecular weight is 232 g/mol. The van der Waals surface area contributed by atoms with Gasteiger partial charge in [-0.25, -0.2) is 4.79 Å². The molecule has 0 bridgehead atoms. The Morgan fingerprint density at radius 3 is 2.31 bits per heavy atom. The van der Waals surface area contributed by atoms with Crippen molar-refractivity contribution in [2.24, 2.45) is 10.7 Å². The van der Waals surface area contributed by atoms with Gasteiger partial charge < -0.3 is 21.1 Å². The molecule has 0 rings (SSSR count). The van der Waals surface area contributed by atoms with Crippen molar-refractivity contribution in [2.45, 2.75) is 25.3 Å². The second-order valence-corrected chi connectivity index (χ2v) is 3.23. The van der Waals surface area contributed by atoms with Gasteiger partial charge in [0.15, 0.2) is 0 Å². The Morgan fingerprint density at radius 2 is 1.88 bits per heavy atom. The first-order valence-corrected chi connectivity index (χ1v) is 4.85. The number of aliphatic hydroxyl groups excluding tert-OH is 1. The summed E-state index contributed by atoms with van der Waals surface area (Å²) >= 11 is 0. The smallest absolute Gasteiger partial charge is 0.352 e. The molecule has 5 N–H and O–H groups in total. The van der Waals surface area contributed by atoms with Crippen molar-refractivity contribution in [1.29, 1.82) is 0 Å². The van der Waals surface area contributed by atoms with Crippen LogP contribution in [0.5, 0.6) is 0 Å². The van der Waals surface area contributed by atoms with Gasteiger partial charge in [0.2, 0.25) is 0 Å². The van der Waals surface area contributed by atoms with Crippen molar-refractivity contribution in [1.82, 2.24) is 0 Å². The molecule has 0 aliphatic heterocycles. The largest absolute Gasteiger partial charge is 0.480 e. The fraction of sp³-hybridized carbons (Fsp3) is 0.667. The summed E-state index contributed by atoms with van der Waals surface area (Å²) in [6.07, 6.45) is 1.42. The van der Waals surface area contributed by atoms with Crippen molar-refractivity contribution in [3.05, 3.63) is 0 Å². The fourth-order valence-corrected chi connectivity index (χ4v) is 0.999. The van der Waals surface area contributed by atoms with Crippen LogP contribution < -0.4 is 5.73 Å². The minimum absolute atomic E-state index is 0.245. The molecule has 0 aromatic heterocycles. The van der Waals surface area contributed by atoms with Crippen LogP contribution in [0.15, 0.2) is 4.99 Å². The first-order chi connectivity index (χ1) is 7.49. The first kappa shape index (κ1) is 14.5. The van der Waals surface area contributed by atoms with E-state index in [4.69, 9.17) is 21.1 Å². The van der Waals surface area contributed by atoms with Crippen molar-refractivity contribution >= 4 is 17.7 Å². The summed E-state index contributed by atoms with van der Waals surface area (Å²) in [5, 5.41) is 25.6. The van der Waals surface area contributed by atoms with Crippen LogP contribution in [0.2, 0.25) is 0 Å². The van der Waals surface area contributed by atoms with Gasteiger partial charge in [0, 0.05) is 6.54 Å². The van der Waals surface area contributed by atoms with E-state index in [9.17, 15) is 9.59 Å². The number of carboxylic acid groups (broad SMARTS) is 2. The van der Waals surface area contributed by atoms with Crippen LogP contribution in [0.25, 0.3) is 0 Å². The van der Waals surface area contributed by atoms with Gasteiger partial charge in [0.05, 0.1) is 6.61 Å². The van der Waals surface area contributed by atoms with E-state index in [1.165, 1.54) is 0 Å². The van der Waals surface area contributed by atoms with Crippen LogP contribution in [-0.4, -0.2) is 52.2 Å². The predicted molar refractivity (Wildman–Crippen MR) is 56.5 cm³/mol. The van der Waals surface area contributed by atoms with Gasteiger partial charge in [-0.3, -0.25) is 9.79 Å². The van der Waals surface area contributed by atoms with Crippen LogP contribution in [0.1, 0.15) is 19.3 Å². The molecule has 7 nitrogen and oxygen atoms in total. The summed E-state index contributed by atoms with van der Waals surface area (Å²) < 4.78 is 0. The van der Waals surface area contributed by atoms with E-state index in [0.717, 1.165) is 0 Å². The molecule has 0 spiro atoms. The summed E-state index contributed by atoms with van der Waals surface area (Å²) in [4.78, 5) is 24.4. The SMILES string of the molecule is N[C@@H](CCCCN=C(CO)C(=O)O)C(=O)O. The van der Waals surface area contributed by atoms with E-state index >= 15 is 0 Å². The number of carboxylic acids is 2. The number of nitrogens with zero attached hydrogens (tertiary/aromatic N) is 1. The van der Waals surface area contributed by atoms with Crippen LogP contribution >= 0.6 is 0 Å². The molecule has 0 radical (unpaired) electrons. The third-order valence-electron chi connectivity index (χ3n) is 1.94. The van der Waals surface area contributed by atoms with Gasteiger partial charge in [-0.05, 0) is 19.3 Å². The maximum atomic E-state index is 10.4. The molecule has 16 heavy (non-hydrogen) atoms. The van der Waals surface area contributed by atoms with Crippen LogP contribution in [0.3, 0.4) is 0 Å². The number of hydrogen-bond donors (Lipinski definition) is 4. The number of rotatable bonds is 8. The van der Waals surface area contributed by atoms with E-state index in [1.807, 2.05) is 0 Å². The zero-order valence-electron chi connectivity index (χ0n) is 8.80. The summed E-state index contributed by atoms with van der Waals surface area (Å²) in [5.41, 5.74) is 4.97. The molecule has 0 aliphatic rings. The molecule has 92 valence electrons. The molecular weight excluding hydrogens is 216 g/mol. The van der Waals surface area contributed by atoms with E-state index in [2.05, 4.69) is 4.99 Å². The maximum Gasteiger partial charge on any atom is 0.352 e. The number of aliphatic hydroxyl groups is 1. The fourth-order valence-electron chi connectivity index (χ4n) is 0.999. The molecular formula is C9H16N2O5. The van der Waals surface area contributed by atoms with Gasteiger partial charge >= 0.3 is 11.9 Å². The lowest BCUT2D eigenvalue weighted by Gasteiger charge is -2.04. The number of nitrogens with two attached hydrogens (primary N) is 1. The van der Waals surface area contributed by atoms with Gasteiger partial charge in [0.25, 0.3) is 0 Å². The topological polar surface area (TPSA) is 133 Å². The number of aliphatic imine (C=N–C) groups is 1. The lowest BCUT2D eigenvalue weighted by molar-refractivity contribution is -0.138. The molecule has 0 aromatic rings. The third-order valence-corrected chi connectivity index (χ3v) is 1.94. The Bertz CT molecular complexity index is 277. The molecule has 0 unspecified atom stereocenters. The molecule has 0 saturated carbocycles. The lowest BCUT2D eigenvalue weighted by Crippen LogP contribution is -2.29. The molecule has 0 saturated heterocycles. The Labute approximate surface area is 92.6 Å². The highest BCUT2D eigenvalue weighted by molar-refractivity contribution is 6.36. The second kappa shape index (κ2) is 7.77. The number of aliphatic carboxylic acids is 2. The molecule has 0 fully saturated rings. The number of hydrogen-bond acceptors (Lipinski definition) is 5. The Balaban J connectivity index is 3.75. The molecule has 0 heterocycles. The quantitative estimate of drug-likeness (QED) is 0.316. The van der Waals surface area contributed by atoms with Gasteiger partial charge in [-0.2, -0.15) is 0 Å². The standard InChI is InChI=1S/C9H16N2O5/c10-6(8(13)14)3-1-2-4-11-7(5-12)9(15)16/h6,12H,1-5,10H2,(H,13,14)(H,15,16)/t6-/m0/s1. The Kier molecular flexibility index (Phi) is 7.06. The molecule has 0 amide bonds. The molecule has 0 aliphatic carbocycles. The van der Waals surface area contributed by atoms with Gasteiger partial charge in [-0.1, -0.05) is 0 Å². The van der Waals surface area contributed by atoms with Crippen LogP contribution in [-0.2, 0) is 9.59 Å². The number of unbranched alkanes of at least 4 members (excludes halogenated alkanes) is 1. The van der Waals surface area contributed by atoms with Crippen molar-refractivity contribution < 1.29 is 24.9 Å². The summed E-state index contributed by atoms with van der Waals surface area (Å²) in [7, 11) is 0. The molecule has 0 aromatic carbocycles. The second-order valence-electron chi connectivity index (χ2n) is 3.23. The summed E-state index contributed by atoms with van der Waals surface area (Å²) in [6.45, 7) is -0.363. The van der Waals surface area contributed by atoms with E-state index in [-0.39, 0.29) is 12.3 Å². The zero-order valence-corrected chi connectivity index (χ0v) is 8.80. The normalized spacial score (nSPS) is 13.5. The van der Waals surface area contributed by atoms with Crippen LogP contribution in [0.4, 0.5) is 0 Å². The Morgan fingerprint density at radius 1 is 1.25 bits per heavy atom. The van der Waals surface area contributed by atoms with Gasteiger partial charge in [-0.15, -0.1) is 0 Å². The van der Waals surface area contributed by atoms with E-state index < -0.39 is 24.6 Å². The van der Waals surface area contributed by atoms with Crippen LogP contribution in [0, 0.1) is 0 Å². The molecule has 1 atom stereocenters. The maximum absolute atomic E-state index is 10.4. The predicted octanol–water partition coefficient (Wildman–Crippen LogP) is -0.913. The van der Waals surface area contributed by atoms with Crippen molar-refractivity contribution in [3.8, 4) is 0 Å². The van der Waals surface area contributed by atoms with Gasteiger partial charge in [0.1, 0.15) is 11.8 Å². The van der Waals surface area contributed by atoms with Crippen molar-refractivity contribution in [3.63, 3.8) is 0 Å². The minimum Gasteiger partial charge on any atom is -0.480 e.